The monoisotopic (exact) mass is 307 g/mol. The molecule has 0 radical (unpaired) electrons. The highest BCUT2D eigenvalue weighted by molar-refractivity contribution is 5.92. The van der Waals surface area contributed by atoms with Crippen LogP contribution in [0.15, 0.2) is 30.4 Å². The Labute approximate surface area is 138 Å². The Hall–Kier alpha value is -1.41. The number of fused-ring (bicyclic) bond motifs is 1. The summed E-state index contributed by atoms with van der Waals surface area (Å²) in [7, 11) is 0. The third-order valence-electron chi connectivity index (χ3n) is 6.77. The summed E-state index contributed by atoms with van der Waals surface area (Å²) in [5.41, 5.74) is 4.40. The van der Waals surface area contributed by atoms with Crippen LogP contribution in [0.25, 0.3) is 0 Å². The van der Waals surface area contributed by atoms with Crippen molar-refractivity contribution < 1.29 is 4.79 Å². The molecule has 1 aromatic rings. The van der Waals surface area contributed by atoms with Crippen LogP contribution in [0.4, 0.5) is 0 Å². The second kappa shape index (κ2) is 4.80. The lowest BCUT2D eigenvalue weighted by Gasteiger charge is -2.57. The molecule has 1 saturated heterocycles. The molecule has 4 aliphatic rings. The number of ketones is 1. The molecule has 2 bridgehead atoms. The summed E-state index contributed by atoms with van der Waals surface area (Å²) >= 11 is 0. The molecule has 3 atom stereocenters. The van der Waals surface area contributed by atoms with E-state index in [2.05, 4.69) is 36.1 Å². The molecule has 2 nitrogen and oxygen atoms in total. The maximum Gasteiger partial charge on any atom is 0.156 e. The highest BCUT2D eigenvalue weighted by atomic mass is 16.1. The number of carbonyl (C=O) groups is 1. The molecule has 0 aromatic heterocycles. The van der Waals surface area contributed by atoms with E-state index in [0.29, 0.717) is 17.7 Å². The number of aryl methyl sites for hydroxylation is 1. The molecule has 3 aliphatic carbocycles. The number of carbonyl (C=O) groups excluding carboxylic acids is 1. The van der Waals surface area contributed by atoms with Crippen molar-refractivity contribution in [2.24, 2.45) is 11.8 Å². The van der Waals surface area contributed by atoms with Crippen LogP contribution in [0.2, 0.25) is 0 Å². The Kier molecular flexibility index (Phi) is 2.91. The zero-order valence-electron chi connectivity index (χ0n) is 13.9. The number of piperidine rings is 1. The van der Waals surface area contributed by atoms with Crippen LogP contribution in [0.3, 0.4) is 0 Å². The minimum atomic E-state index is 0.0795. The standard InChI is InChI=1S/C21H25NO/c1-14-2-5-16-11-20-18-7-6-17(23)12-21(18,19(16)10-14)8-9-22(20)13-15-3-4-15/h2,5-7,10,15,18,20H,3-4,8-9,11-13H2,1H3/t18?,20-,21+/m1/s1. The summed E-state index contributed by atoms with van der Waals surface area (Å²) in [5.74, 6) is 1.79. The van der Waals surface area contributed by atoms with Crippen molar-refractivity contribution >= 4 is 5.78 Å². The van der Waals surface area contributed by atoms with E-state index in [0.717, 1.165) is 25.2 Å². The van der Waals surface area contributed by atoms with Crippen LogP contribution in [-0.2, 0) is 16.6 Å². The second-order valence-corrected chi connectivity index (χ2v) is 8.30. The molecule has 0 N–H and O–H groups in total. The fraction of sp³-hybridized carbons (Fsp3) is 0.571. The highest BCUT2D eigenvalue weighted by Gasteiger charge is 2.54. The normalized spacial score (nSPS) is 35.8. The Balaban J connectivity index is 1.63. The maximum absolute atomic E-state index is 12.3. The largest absolute Gasteiger partial charge is 0.299 e. The van der Waals surface area contributed by atoms with Crippen LogP contribution < -0.4 is 0 Å². The molecule has 1 aliphatic heterocycles. The van der Waals surface area contributed by atoms with Gasteiger partial charge in [0.2, 0.25) is 0 Å². The highest BCUT2D eigenvalue weighted by Crippen LogP contribution is 2.53. The molecule has 1 unspecified atom stereocenters. The summed E-state index contributed by atoms with van der Waals surface area (Å²) in [6, 6.07) is 7.56. The van der Waals surface area contributed by atoms with Crippen molar-refractivity contribution in [3.8, 4) is 0 Å². The van der Waals surface area contributed by atoms with Gasteiger partial charge >= 0.3 is 0 Å². The van der Waals surface area contributed by atoms with Gasteiger partial charge in [-0.25, -0.2) is 0 Å². The molecule has 2 fully saturated rings. The minimum Gasteiger partial charge on any atom is -0.299 e. The van der Waals surface area contributed by atoms with Gasteiger partial charge < -0.3 is 0 Å². The summed E-state index contributed by atoms with van der Waals surface area (Å²) in [6.45, 7) is 4.63. The zero-order chi connectivity index (χ0) is 15.6. The van der Waals surface area contributed by atoms with Crippen molar-refractivity contribution in [2.75, 3.05) is 13.1 Å². The smallest absolute Gasteiger partial charge is 0.156 e. The van der Waals surface area contributed by atoms with Crippen LogP contribution in [0.5, 0.6) is 0 Å². The lowest BCUT2D eigenvalue weighted by Crippen LogP contribution is -2.61. The van der Waals surface area contributed by atoms with Gasteiger partial charge in [-0.3, -0.25) is 9.69 Å². The molecule has 0 spiro atoms. The van der Waals surface area contributed by atoms with Gasteiger partial charge in [0, 0.05) is 30.3 Å². The van der Waals surface area contributed by atoms with E-state index in [1.807, 2.05) is 6.08 Å². The maximum atomic E-state index is 12.3. The molecule has 5 rings (SSSR count). The first-order chi connectivity index (χ1) is 11.2. The fourth-order valence-corrected chi connectivity index (χ4v) is 5.45. The fourth-order valence-electron chi connectivity index (χ4n) is 5.45. The van der Waals surface area contributed by atoms with Crippen molar-refractivity contribution in [3.63, 3.8) is 0 Å². The summed E-state index contributed by atoms with van der Waals surface area (Å²) in [4.78, 5) is 15.0. The van der Waals surface area contributed by atoms with E-state index in [1.165, 1.54) is 42.6 Å². The molecule has 1 aromatic carbocycles. The van der Waals surface area contributed by atoms with E-state index in [-0.39, 0.29) is 5.41 Å². The molecule has 1 heterocycles. The van der Waals surface area contributed by atoms with Gasteiger partial charge in [0.1, 0.15) is 0 Å². The van der Waals surface area contributed by atoms with Gasteiger partial charge in [-0.2, -0.15) is 0 Å². The van der Waals surface area contributed by atoms with Gasteiger partial charge in [0.15, 0.2) is 5.78 Å². The Bertz CT molecular complexity index is 702. The van der Waals surface area contributed by atoms with E-state index in [1.54, 1.807) is 0 Å². The molecular formula is C21H25NO. The SMILES string of the molecule is Cc1ccc2c(c1)[C@]13CCN(CC4CC4)[C@H](C2)C1C=CC(=O)C3. The minimum absolute atomic E-state index is 0.0795. The molecule has 120 valence electrons. The van der Waals surface area contributed by atoms with Gasteiger partial charge in [-0.1, -0.05) is 29.8 Å². The number of benzene rings is 1. The Morgan fingerprint density at radius 3 is 3.00 bits per heavy atom. The van der Waals surface area contributed by atoms with Crippen LogP contribution >= 0.6 is 0 Å². The van der Waals surface area contributed by atoms with Gasteiger partial charge in [-0.15, -0.1) is 0 Å². The first-order valence-corrected chi connectivity index (χ1v) is 9.21. The number of hydrogen-bond acceptors (Lipinski definition) is 2. The van der Waals surface area contributed by atoms with Crippen LogP contribution in [0, 0.1) is 18.8 Å². The van der Waals surface area contributed by atoms with Crippen LogP contribution in [-0.4, -0.2) is 29.8 Å². The summed E-state index contributed by atoms with van der Waals surface area (Å²) in [5, 5.41) is 0. The number of likely N-dealkylation sites (tertiary alicyclic amines) is 1. The zero-order valence-corrected chi connectivity index (χ0v) is 13.9. The third kappa shape index (κ3) is 2.07. The van der Waals surface area contributed by atoms with E-state index in [4.69, 9.17) is 0 Å². The lowest BCUT2D eigenvalue weighted by atomic mass is 9.54. The van der Waals surface area contributed by atoms with Crippen molar-refractivity contribution in [2.45, 2.75) is 50.5 Å². The summed E-state index contributed by atoms with van der Waals surface area (Å²) < 4.78 is 0. The van der Waals surface area contributed by atoms with Gasteiger partial charge in [0.05, 0.1) is 0 Å². The lowest BCUT2D eigenvalue weighted by molar-refractivity contribution is -0.118. The number of allylic oxidation sites excluding steroid dienone is 1. The second-order valence-electron chi connectivity index (χ2n) is 8.30. The Morgan fingerprint density at radius 1 is 1.30 bits per heavy atom. The third-order valence-corrected chi connectivity index (χ3v) is 6.77. The first kappa shape index (κ1) is 14.0. The van der Waals surface area contributed by atoms with Gasteiger partial charge in [-0.05, 0) is 62.3 Å². The van der Waals surface area contributed by atoms with Crippen molar-refractivity contribution in [3.05, 3.63) is 47.0 Å². The van der Waals surface area contributed by atoms with Crippen molar-refractivity contribution in [1.29, 1.82) is 0 Å². The average molecular weight is 307 g/mol. The molecular weight excluding hydrogens is 282 g/mol. The van der Waals surface area contributed by atoms with Gasteiger partial charge in [0.25, 0.3) is 0 Å². The molecule has 2 heteroatoms. The average Bonchev–Trinajstić information content (AvgIpc) is 3.34. The summed E-state index contributed by atoms with van der Waals surface area (Å²) in [6.07, 6.45) is 10.0. The first-order valence-electron chi connectivity index (χ1n) is 9.21. The molecule has 1 saturated carbocycles. The number of nitrogens with zero attached hydrogens (tertiary/aromatic N) is 1. The predicted molar refractivity (Wildman–Crippen MR) is 91.5 cm³/mol. The van der Waals surface area contributed by atoms with E-state index >= 15 is 0 Å². The quantitative estimate of drug-likeness (QED) is 0.834. The van der Waals surface area contributed by atoms with Crippen molar-refractivity contribution in [1.82, 2.24) is 4.90 Å². The van der Waals surface area contributed by atoms with Crippen LogP contribution in [0.1, 0.15) is 42.4 Å². The molecule has 23 heavy (non-hydrogen) atoms. The predicted octanol–water partition coefficient (Wildman–Crippen LogP) is 3.42. The number of rotatable bonds is 2. The Morgan fingerprint density at radius 2 is 2.17 bits per heavy atom. The van der Waals surface area contributed by atoms with E-state index < -0.39 is 0 Å². The molecule has 0 amide bonds. The van der Waals surface area contributed by atoms with E-state index in [9.17, 15) is 4.79 Å². The number of hydrogen-bond donors (Lipinski definition) is 0. The topological polar surface area (TPSA) is 20.3 Å².